The lowest BCUT2D eigenvalue weighted by Crippen LogP contribution is -2.46. The summed E-state index contributed by atoms with van der Waals surface area (Å²) >= 11 is 0. The normalized spacial score (nSPS) is 47.2. The molecule has 0 saturated heterocycles. The van der Waals surface area contributed by atoms with Crippen LogP contribution in [0.3, 0.4) is 0 Å². The summed E-state index contributed by atoms with van der Waals surface area (Å²) in [5, 5.41) is 0. The lowest BCUT2D eigenvalue weighted by atomic mass is 9.49. The Morgan fingerprint density at radius 2 is 1.62 bits per heavy atom. The topological polar surface area (TPSA) is 17.1 Å². The van der Waals surface area contributed by atoms with Crippen molar-refractivity contribution in [3.63, 3.8) is 0 Å². The van der Waals surface area contributed by atoms with Crippen molar-refractivity contribution in [3.05, 3.63) is 11.1 Å². The summed E-state index contributed by atoms with van der Waals surface area (Å²) in [5.41, 5.74) is 2.94. The molecular weight excluding hydrogens is 196 g/mol. The van der Waals surface area contributed by atoms with Gasteiger partial charge in [-0.25, -0.2) is 0 Å². The molecule has 1 spiro atoms. The van der Waals surface area contributed by atoms with Crippen LogP contribution in [0.25, 0.3) is 0 Å². The standard InChI is InChI=1S/C15H22O/c1-9-6-15(11(3)10(2)14(9)16)7-12-4-13(5-12)8-15/h9,12-13H,4-8H2,1-3H3. The number of carbonyl (C=O) groups is 1. The maximum absolute atomic E-state index is 12.0. The van der Waals surface area contributed by atoms with E-state index in [4.69, 9.17) is 0 Å². The molecule has 4 aliphatic rings. The van der Waals surface area contributed by atoms with Gasteiger partial charge in [-0.15, -0.1) is 0 Å². The number of carbonyl (C=O) groups excluding carboxylic acids is 1. The summed E-state index contributed by atoms with van der Waals surface area (Å²) in [5.74, 6) is 2.62. The molecule has 1 nitrogen and oxygen atoms in total. The molecule has 4 aliphatic carbocycles. The number of hydrogen-bond donors (Lipinski definition) is 0. The van der Waals surface area contributed by atoms with E-state index >= 15 is 0 Å². The predicted octanol–water partition coefficient (Wildman–Crippen LogP) is 3.74. The zero-order valence-electron chi connectivity index (χ0n) is 10.7. The smallest absolute Gasteiger partial charge is 0.161 e. The van der Waals surface area contributed by atoms with Crippen molar-refractivity contribution in [2.24, 2.45) is 23.2 Å². The largest absolute Gasteiger partial charge is 0.294 e. The van der Waals surface area contributed by atoms with E-state index in [2.05, 4.69) is 20.8 Å². The van der Waals surface area contributed by atoms with Crippen LogP contribution in [-0.2, 0) is 4.79 Å². The highest BCUT2D eigenvalue weighted by atomic mass is 16.1. The van der Waals surface area contributed by atoms with Gasteiger partial charge in [0.15, 0.2) is 5.78 Å². The van der Waals surface area contributed by atoms with E-state index in [0.29, 0.717) is 11.2 Å². The average Bonchev–Trinajstić information content (AvgIpc) is 2.23. The molecule has 3 fully saturated rings. The van der Waals surface area contributed by atoms with E-state index in [1.54, 1.807) is 0 Å². The first kappa shape index (κ1) is 10.6. The van der Waals surface area contributed by atoms with E-state index < -0.39 is 0 Å². The average molecular weight is 218 g/mol. The van der Waals surface area contributed by atoms with Gasteiger partial charge in [-0.2, -0.15) is 0 Å². The molecule has 1 atom stereocenters. The molecule has 1 unspecified atom stereocenters. The highest BCUT2D eigenvalue weighted by molar-refractivity contribution is 5.98. The van der Waals surface area contributed by atoms with E-state index in [1.165, 1.54) is 31.3 Å². The molecule has 1 heteroatoms. The number of Topliss-reactive ketones (excluding diaryl/α,β-unsaturated/α-hetero) is 1. The van der Waals surface area contributed by atoms with Gasteiger partial charge in [-0.3, -0.25) is 4.79 Å². The van der Waals surface area contributed by atoms with Gasteiger partial charge < -0.3 is 0 Å². The van der Waals surface area contributed by atoms with Gasteiger partial charge in [-0.05, 0) is 68.8 Å². The Balaban J connectivity index is 1.98. The van der Waals surface area contributed by atoms with Gasteiger partial charge in [0.1, 0.15) is 0 Å². The molecule has 0 aromatic rings. The number of rotatable bonds is 0. The zero-order valence-corrected chi connectivity index (χ0v) is 10.7. The lowest BCUT2D eigenvalue weighted by Gasteiger charge is -2.55. The fourth-order valence-electron chi connectivity index (χ4n) is 4.65. The maximum Gasteiger partial charge on any atom is 0.161 e. The number of allylic oxidation sites excluding steroid dienone is 2. The second-order valence-electron chi connectivity index (χ2n) is 6.61. The Morgan fingerprint density at radius 1 is 1.06 bits per heavy atom. The summed E-state index contributed by atoms with van der Waals surface area (Å²) in [6.45, 7) is 6.40. The van der Waals surface area contributed by atoms with Gasteiger partial charge in [0.2, 0.25) is 0 Å². The van der Waals surface area contributed by atoms with E-state index in [-0.39, 0.29) is 5.92 Å². The molecule has 0 aliphatic heterocycles. The van der Waals surface area contributed by atoms with Crippen molar-refractivity contribution >= 4 is 5.78 Å². The first-order chi connectivity index (χ1) is 7.52. The van der Waals surface area contributed by atoms with Crippen LogP contribution in [0.15, 0.2) is 11.1 Å². The summed E-state index contributed by atoms with van der Waals surface area (Å²) in [6, 6.07) is 0. The van der Waals surface area contributed by atoms with Gasteiger partial charge in [0, 0.05) is 5.92 Å². The molecule has 16 heavy (non-hydrogen) atoms. The number of hydrogen-bond acceptors (Lipinski definition) is 1. The van der Waals surface area contributed by atoms with Gasteiger partial charge in [0.05, 0.1) is 0 Å². The first-order valence-electron chi connectivity index (χ1n) is 6.74. The van der Waals surface area contributed by atoms with Gasteiger partial charge in [-0.1, -0.05) is 12.5 Å². The summed E-state index contributed by atoms with van der Waals surface area (Å²) < 4.78 is 0. The highest BCUT2D eigenvalue weighted by Gasteiger charge is 2.51. The fraction of sp³-hybridized carbons (Fsp3) is 0.800. The molecular formula is C15H22O. The van der Waals surface area contributed by atoms with Crippen LogP contribution in [0.2, 0.25) is 0 Å². The number of ketones is 1. The Bertz CT molecular complexity index is 361. The highest BCUT2D eigenvalue weighted by Crippen LogP contribution is 2.60. The molecule has 0 aromatic carbocycles. The third-order valence-corrected chi connectivity index (χ3v) is 5.56. The summed E-state index contributed by atoms with van der Waals surface area (Å²) in [7, 11) is 0. The summed E-state index contributed by atoms with van der Waals surface area (Å²) in [6.07, 6.45) is 6.80. The van der Waals surface area contributed by atoms with Crippen molar-refractivity contribution in [1.29, 1.82) is 0 Å². The minimum atomic E-state index is 0.265. The van der Waals surface area contributed by atoms with Crippen LogP contribution < -0.4 is 0 Å². The zero-order chi connectivity index (χ0) is 11.5. The van der Waals surface area contributed by atoms with Crippen LogP contribution in [0.5, 0.6) is 0 Å². The SMILES string of the molecule is CC1=C(C)C2(CC3CC(C3)C2)CC(C)C1=O. The Hall–Kier alpha value is -0.590. The van der Waals surface area contributed by atoms with Crippen LogP contribution >= 0.6 is 0 Å². The molecule has 3 saturated carbocycles. The van der Waals surface area contributed by atoms with Crippen LogP contribution in [0.4, 0.5) is 0 Å². The van der Waals surface area contributed by atoms with E-state index in [1.807, 2.05) is 0 Å². The second-order valence-corrected chi connectivity index (χ2v) is 6.61. The first-order valence-corrected chi connectivity index (χ1v) is 6.74. The quantitative estimate of drug-likeness (QED) is 0.605. The Morgan fingerprint density at radius 3 is 2.19 bits per heavy atom. The van der Waals surface area contributed by atoms with Crippen LogP contribution in [-0.4, -0.2) is 5.78 Å². The van der Waals surface area contributed by atoms with Gasteiger partial charge in [0.25, 0.3) is 0 Å². The summed E-state index contributed by atoms with van der Waals surface area (Å²) in [4.78, 5) is 12.0. The third-order valence-electron chi connectivity index (χ3n) is 5.56. The molecule has 4 rings (SSSR count). The minimum Gasteiger partial charge on any atom is -0.294 e. The van der Waals surface area contributed by atoms with Crippen molar-refractivity contribution < 1.29 is 4.79 Å². The molecule has 0 heterocycles. The molecule has 0 N–H and O–H groups in total. The Labute approximate surface area is 98.3 Å². The van der Waals surface area contributed by atoms with Crippen molar-refractivity contribution in [2.75, 3.05) is 0 Å². The molecule has 0 aromatic heterocycles. The second kappa shape index (κ2) is 3.21. The maximum atomic E-state index is 12.0. The Kier molecular flexibility index (Phi) is 2.12. The van der Waals surface area contributed by atoms with E-state index in [0.717, 1.165) is 23.8 Å². The lowest BCUT2D eigenvalue weighted by molar-refractivity contribution is -0.122. The van der Waals surface area contributed by atoms with Crippen LogP contribution in [0.1, 0.15) is 52.9 Å². The van der Waals surface area contributed by atoms with Crippen LogP contribution in [0, 0.1) is 23.2 Å². The van der Waals surface area contributed by atoms with E-state index in [9.17, 15) is 4.79 Å². The molecule has 0 amide bonds. The van der Waals surface area contributed by atoms with Crippen molar-refractivity contribution in [3.8, 4) is 0 Å². The molecule has 88 valence electrons. The fourth-order valence-corrected chi connectivity index (χ4v) is 4.65. The minimum absolute atomic E-state index is 0.265. The van der Waals surface area contributed by atoms with Crippen molar-refractivity contribution in [2.45, 2.75) is 52.9 Å². The monoisotopic (exact) mass is 218 g/mol. The molecule has 2 bridgehead atoms. The predicted molar refractivity (Wildman–Crippen MR) is 65.0 cm³/mol. The third kappa shape index (κ3) is 1.26. The molecule has 0 radical (unpaired) electrons. The van der Waals surface area contributed by atoms with Gasteiger partial charge >= 0.3 is 0 Å². The van der Waals surface area contributed by atoms with Crippen molar-refractivity contribution in [1.82, 2.24) is 0 Å².